The Morgan fingerprint density at radius 3 is 2.59 bits per heavy atom. The highest BCUT2D eigenvalue weighted by Gasteiger charge is 2.28. The number of carbonyl (C=O) groups excluding carboxylic acids is 1. The number of sulfone groups is 1. The predicted molar refractivity (Wildman–Crippen MR) is 136 cm³/mol. The Labute approximate surface area is 216 Å². The molecule has 1 fully saturated rings. The first kappa shape index (κ1) is 27.0. The van der Waals surface area contributed by atoms with Gasteiger partial charge in [0.05, 0.1) is 49.9 Å². The van der Waals surface area contributed by atoms with Gasteiger partial charge in [-0.3, -0.25) is 4.79 Å². The van der Waals surface area contributed by atoms with Gasteiger partial charge >= 0.3 is 0 Å². The van der Waals surface area contributed by atoms with E-state index in [1.807, 2.05) is 30.3 Å². The molecule has 1 aliphatic heterocycles. The smallest absolute Gasteiger partial charge is 0.228 e. The maximum atomic E-state index is 13.4. The summed E-state index contributed by atoms with van der Waals surface area (Å²) in [6.45, 7) is 1.82. The van der Waals surface area contributed by atoms with Crippen LogP contribution in [0.2, 0.25) is 0 Å². The number of carbonyl (C=O) groups is 1. The van der Waals surface area contributed by atoms with Crippen molar-refractivity contribution in [2.24, 2.45) is 0 Å². The van der Waals surface area contributed by atoms with Gasteiger partial charge < -0.3 is 18.9 Å². The van der Waals surface area contributed by atoms with Crippen molar-refractivity contribution >= 4 is 15.7 Å². The van der Waals surface area contributed by atoms with Crippen molar-refractivity contribution < 1.29 is 27.1 Å². The maximum Gasteiger partial charge on any atom is 0.228 e. The van der Waals surface area contributed by atoms with Gasteiger partial charge in [-0.05, 0) is 36.1 Å². The van der Waals surface area contributed by atoms with E-state index in [0.29, 0.717) is 37.6 Å². The molecule has 1 aromatic heterocycles. The molecule has 0 N–H and O–H groups in total. The number of aromatic nitrogens is 2. The third kappa shape index (κ3) is 7.24. The number of hydrogen-bond acceptors (Lipinski definition) is 6. The van der Waals surface area contributed by atoms with Crippen LogP contribution in [-0.2, 0) is 49.4 Å². The zero-order chi connectivity index (χ0) is 26.3. The molecule has 1 saturated heterocycles. The molecule has 2 aromatic carbocycles. The molecule has 8 nitrogen and oxygen atoms in total. The Morgan fingerprint density at radius 1 is 1.16 bits per heavy atom. The van der Waals surface area contributed by atoms with E-state index in [1.54, 1.807) is 16.6 Å². The average molecular weight is 530 g/mol. The fourth-order valence-electron chi connectivity index (χ4n) is 4.39. The van der Waals surface area contributed by atoms with Crippen LogP contribution < -0.4 is 0 Å². The van der Waals surface area contributed by atoms with Crippen LogP contribution >= 0.6 is 0 Å². The molecule has 1 atom stereocenters. The van der Waals surface area contributed by atoms with E-state index in [0.717, 1.165) is 18.4 Å². The van der Waals surface area contributed by atoms with Gasteiger partial charge in [-0.2, -0.15) is 0 Å². The lowest BCUT2D eigenvalue weighted by atomic mass is 10.1. The number of halogens is 1. The first-order valence-electron chi connectivity index (χ1n) is 12.3. The minimum atomic E-state index is -3.85. The number of ether oxygens (including phenoxy) is 2. The Kier molecular flexibility index (Phi) is 9.07. The van der Waals surface area contributed by atoms with Crippen LogP contribution in [0, 0.1) is 5.82 Å². The molecular weight excluding hydrogens is 497 g/mol. The molecule has 0 radical (unpaired) electrons. The minimum Gasteiger partial charge on any atom is -0.383 e. The van der Waals surface area contributed by atoms with Crippen LogP contribution in [0.5, 0.6) is 0 Å². The summed E-state index contributed by atoms with van der Waals surface area (Å²) < 4.78 is 52.8. The van der Waals surface area contributed by atoms with E-state index in [2.05, 4.69) is 4.98 Å². The molecule has 4 rings (SSSR count). The van der Waals surface area contributed by atoms with Gasteiger partial charge in [0.25, 0.3) is 0 Å². The zero-order valence-electron chi connectivity index (χ0n) is 20.9. The first-order valence-corrected chi connectivity index (χ1v) is 13.9. The second-order valence-corrected chi connectivity index (χ2v) is 11.0. The molecule has 37 heavy (non-hydrogen) atoms. The van der Waals surface area contributed by atoms with Crippen LogP contribution in [0.15, 0.2) is 66.0 Å². The van der Waals surface area contributed by atoms with Crippen molar-refractivity contribution in [2.75, 3.05) is 26.9 Å². The number of rotatable bonds is 12. The van der Waals surface area contributed by atoms with Gasteiger partial charge in [-0.15, -0.1) is 0 Å². The normalized spacial score (nSPS) is 15.7. The fraction of sp³-hybridized carbons (Fsp3) is 0.407. The Morgan fingerprint density at radius 2 is 1.92 bits per heavy atom. The molecule has 1 amide bonds. The van der Waals surface area contributed by atoms with E-state index in [9.17, 15) is 17.6 Å². The molecule has 0 spiro atoms. The van der Waals surface area contributed by atoms with Gasteiger partial charge in [-0.1, -0.05) is 42.5 Å². The van der Waals surface area contributed by atoms with Crippen molar-refractivity contribution in [1.82, 2.24) is 14.5 Å². The lowest BCUT2D eigenvalue weighted by Gasteiger charge is -2.24. The molecule has 198 valence electrons. The standard InChI is InChI=1S/C27H32FN3O5S/c1-35-15-13-30(26(32)16-21-6-3-2-4-7-21)18-24-17-29-27(31(24)19-25-8-5-14-36-25)37(33,34)20-22-9-11-23(28)12-10-22/h2-4,6-7,9-12,17,25H,5,8,13-16,18-20H2,1H3. The summed E-state index contributed by atoms with van der Waals surface area (Å²) in [7, 11) is -2.28. The van der Waals surface area contributed by atoms with Crippen LogP contribution in [0.3, 0.4) is 0 Å². The topological polar surface area (TPSA) is 90.7 Å². The zero-order valence-corrected chi connectivity index (χ0v) is 21.7. The van der Waals surface area contributed by atoms with Gasteiger partial charge in [-0.25, -0.2) is 17.8 Å². The number of amides is 1. The summed E-state index contributed by atoms with van der Waals surface area (Å²) in [5, 5.41) is -0.0791. The van der Waals surface area contributed by atoms with Gasteiger partial charge in [0.1, 0.15) is 5.82 Å². The highest BCUT2D eigenvalue weighted by atomic mass is 32.2. The molecule has 1 unspecified atom stereocenters. The molecule has 0 aliphatic carbocycles. The van der Waals surface area contributed by atoms with Gasteiger partial charge in [0.2, 0.25) is 20.9 Å². The monoisotopic (exact) mass is 529 g/mol. The van der Waals surface area contributed by atoms with Crippen LogP contribution in [-0.4, -0.2) is 61.7 Å². The average Bonchev–Trinajstić information content (AvgIpc) is 3.54. The van der Waals surface area contributed by atoms with E-state index >= 15 is 0 Å². The minimum absolute atomic E-state index is 0.0791. The van der Waals surface area contributed by atoms with E-state index < -0.39 is 15.7 Å². The van der Waals surface area contributed by atoms with Crippen molar-refractivity contribution in [3.05, 3.63) is 83.4 Å². The van der Waals surface area contributed by atoms with Crippen LogP contribution in [0.1, 0.15) is 29.7 Å². The molecular formula is C27H32FN3O5S. The molecule has 1 aliphatic rings. The predicted octanol–water partition coefficient (Wildman–Crippen LogP) is 3.39. The Balaban J connectivity index is 1.61. The van der Waals surface area contributed by atoms with E-state index in [-0.39, 0.29) is 35.9 Å². The van der Waals surface area contributed by atoms with Gasteiger partial charge in [0.15, 0.2) is 0 Å². The highest BCUT2D eigenvalue weighted by Crippen LogP contribution is 2.23. The summed E-state index contributed by atoms with van der Waals surface area (Å²) in [6.07, 6.45) is 3.32. The lowest BCUT2D eigenvalue weighted by molar-refractivity contribution is -0.131. The number of hydrogen-bond donors (Lipinski definition) is 0. The fourth-order valence-corrected chi connectivity index (χ4v) is 5.89. The number of imidazole rings is 1. The summed E-state index contributed by atoms with van der Waals surface area (Å²) in [5.74, 6) is -0.834. The second kappa shape index (κ2) is 12.4. The summed E-state index contributed by atoms with van der Waals surface area (Å²) in [6, 6.07) is 14.8. The molecule has 2 heterocycles. The maximum absolute atomic E-state index is 13.4. The third-order valence-corrected chi connectivity index (χ3v) is 7.92. The number of methoxy groups -OCH3 is 1. The molecule has 0 bridgehead atoms. The van der Waals surface area contributed by atoms with E-state index in [1.165, 1.54) is 30.5 Å². The Bertz CT molecular complexity index is 1270. The van der Waals surface area contributed by atoms with Crippen molar-refractivity contribution in [3.63, 3.8) is 0 Å². The van der Waals surface area contributed by atoms with Gasteiger partial charge in [0, 0.05) is 20.3 Å². The number of benzene rings is 2. The Hall–Kier alpha value is -3.08. The summed E-state index contributed by atoms with van der Waals surface area (Å²) in [5.41, 5.74) is 1.96. The highest BCUT2D eigenvalue weighted by molar-refractivity contribution is 7.90. The second-order valence-electron chi connectivity index (χ2n) is 9.13. The number of nitrogens with zero attached hydrogens (tertiary/aromatic N) is 3. The van der Waals surface area contributed by atoms with Crippen molar-refractivity contribution in [2.45, 2.75) is 49.4 Å². The molecule has 10 heteroatoms. The third-order valence-electron chi connectivity index (χ3n) is 6.33. The van der Waals surface area contributed by atoms with Crippen molar-refractivity contribution in [1.29, 1.82) is 0 Å². The van der Waals surface area contributed by atoms with E-state index in [4.69, 9.17) is 9.47 Å². The molecule has 3 aromatic rings. The summed E-state index contributed by atoms with van der Waals surface area (Å²) >= 11 is 0. The first-order chi connectivity index (χ1) is 17.9. The van der Waals surface area contributed by atoms with Crippen LogP contribution in [0.25, 0.3) is 0 Å². The SMILES string of the molecule is COCCN(Cc1cnc(S(=O)(=O)Cc2ccc(F)cc2)n1CC1CCCO1)C(=O)Cc1ccccc1. The van der Waals surface area contributed by atoms with Crippen LogP contribution in [0.4, 0.5) is 4.39 Å². The summed E-state index contributed by atoms with van der Waals surface area (Å²) in [4.78, 5) is 19.2. The van der Waals surface area contributed by atoms with Crippen molar-refractivity contribution in [3.8, 4) is 0 Å². The lowest BCUT2D eigenvalue weighted by Crippen LogP contribution is -2.35. The largest absolute Gasteiger partial charge is 0.383 e. The molecule has 0 saturated carbocycles. The quantitative estimate of drug-likeness (QED) is 0.357.